The molecule has 2 heterocycles. The number of hydrogen-bond acceptors (Lipinski definition) is 8. The molecule has 4 rings (SSSR count). The number of rotatable bonds is 5. The first-order valence-electron chi connectivity index (χ1n) is 8.61. The number of benzene rings is 2. The Kier molecular flexibility index (Phi) is 4.47. The predicted molar refractivity (Wildman–Crippen MR) is 99.8 cm³/mol. The maximum Gasteiger partial charge on any atom is 0.292 e. The molecule has 0 aliphatic carbocycles. The van der Waals surface area contributed by atoms with E-state index >= 15 is 0 Å². The zero-order valence-corrected chi connectivity index (χ0v) is 14.8. The van der Waals surface area contributed by atoms with Crippen LogP contribution in [0, 0.1) is 10.1 Å². The van der Waals surface area contributed by atoms with Crippen LogP contribution in [-0.4, -0.2) is 46.3 Å². The number of fused-ring (bicyclic) bond motifs is 1. The minimum Gasteiger partial charge on any atom is -0.319 e. The molecule has 2 aromatic rings. The van der Waals surface area contributed by atoms with Crippen LogP contribution in [0.1, 0.15) is 0 Å². The summed E-state index contributed by atoms with van der Waals surface area (Å²) in [6.45, 7) is -0.391. The van der Waals surface area contributed by atoms with Crippen molar-refractivity contribution in [3.63, 3.8) is 0 Å². The van der Waals surface area contributed by atoms with Gasteiger partial charge in [0, 0.05) is 6.07 Å². The second-order valence-electron chi connectivity index (χ2n) is 6.36. The van der Waals surface area contributed by atoms with Crippen LogP contribution in [0.3, 0.4) is 0 Å². The van der Waals surface area contributed by atoms with E-state index in [1.807, 2.05) is 0 Å². The van der Waals surface area contributed by atoms with Crippen LogP contribution in [-0.2, 0) is 14.4 Å². The van der Waals surface area contributed by atoms with Gasteiger partial charge in [0.1, 0.15) is 12.2 Å². The molecule has 1 fully saturated rings. The second kappa shape index (κ2) is 7.11. The molecule has 2 aliphatic rings. The van der Waals surface area contributed by atoms with Gasteiger partial charge in [-0.2, -0.15) is 5.11 Å². The molecule has 2 aromatic carbocycles. The van der Waals surface area contributed by atoms with Crippen molar-refractivity contribution in [2.24, 2.45) is 10.3 Å². The van der Waals surface area contributed by atoms with Gasteiger partial charge in [-0.25, -0.2) is 4.90 Å². The minimum atomic E-state index is -1.03. The average molecular weight is 394 g/mol. The molecule has 1 saturated heterocycles. The molecule has 0 spiro atoms. The SMILES string of the molecule is O=C(CN1N=N[C@@H]2C(=O)N(c3ccccc3)C(=O)[C@@H]21)Nc1ccccc1[N+](=O)[O-]. The molecule has 11 heteroatoms. The summed E-state index contributed by atoms with van der Waals surface area (Å²) in [7, 11) is 0. The topological polar surface area (TPSA) is 138 Å². The molecule has 0 saturated carbocycles. The molecule has 11 nitrogen and oxygen atoms in total. The Labute approximate surface area is 163 Å². The van der Waals surface area contributed by atoms with Gasteiger partial charge in [-0.1, -0.05) is 35.6 Å². The monoisotopic (exact) mass is 394 g/mol. The molecule has 29 heavy (non-hydrogen) atoms. The number of nitro groups is 1. The van der Waals surface area contributed by atoms with Crippen molar-refractivity contribution in [3.05, 3.63) is 64.7 Å². The van der Waals surface area contributed by atoms with Gasteiger partial charge in [0.25, 0.3) is 17.5 Å². The van der Waals surface area contributed by atoms with E-state index in [9.17, 15) is 24.5 Å². The number of carbonyl (C=O) groups excluding carboxylic acids is 3. The molecular formula is C18H14N6O5. The van der Waals surface area contributed by atoms with Crippen LogP contribution >= 0.6 is 0 Å². The standard InChI is InChI=1S/C18H14N6O5/c25-14(19-12-8-4-5-9-13(12)24(28)29)10-22-16-15(20-21-22)17(26)23(18(16)27)11-6-2-1-3-7-11/h1-9,15-16H,10H2,(H,19,25)/t15-,16+/m0/s1. The first kappa shape index (κ1) is 18.2. The first-order chi connectivity index (χ1) is 14.0. The van der Waals surface area contributed by atoms with Gasteiger partial charge in [-0.3, -0.25) is 29.5 Å². The van der Waals surface area contributed by atoms with Crippen molar-refractivity contribution >= 4 is 34.8 Å². The Bertz CT molecular complexity index is 1040. The maximum absolute atomic E-state index is 12.8. The van der Waals surface area contributed by atoms with E-state index in [4.69, 9.17) is 0 Å². The van der Waals surface area contributed by atoms with Crippen molar-refractivity contribution in [2.75, 3.05) is 16.8 Å². The van der Waals surface area contributed by atoms with Gasteiger partial charge < -0.3 is 5.32 Å². The summed E-state index contributed by atoms with van der Waals surface area (Å²) < 4.78 is 0. The van der Waals surface area contributed by atoms with E-state index in [1.165, 1.54) is 18.2 Å². The van der Waals surface area contributed by atoms with Crippen LogP contribution in [0.4, 0.5) is 17.1 Å². The van der Waals surface area contributed by atoms with E-state index in [-0.39, 0.29) is 11.4 Å². The third-order valence-electron chi connectivity index (χ3n) is 4.55. The molecule has 0 unspecified atom stereocenters. The molecular weight excluding hydrogens is 380 g/mol. The number of amides is 3. The van der Waals surface area contributed by atoms with Gasteiger partial charge in [-0.05, 0) is 18.2 Å². The van der Waals surface area contributed by atoms with E-state index in [0.717, 1.165) is 9.91 Å². The third kappa shape index (κ3) is 3.18. The lowest BCUT2D eigenvalue weighted by Crippen LogP contribution is -2.43. The quantitative estimate of drug-likeness (QED) is 0.464. The molecule has 1 N–H and O–H groups in total. The lowest BCUT2D eigenvalue weighted by molar-refractivity contribution is -0.383. The zero-order chi connectivity index (χ0) is 20.5. The van der Waals surface area contributed by atoms with Gasteiger partial charge >= 0.3 is 0 Å². The molecule has 0 bridgehead atoms. The summed E-state index contributed by atoms with van der Waals surface area (Å²) in [6, 6.07) is 12.0. The van der Waals surface area contributed by atoms with Gasteiger partial charge in [0.15, 0.2) is 12.1 Å². The van der Waals surface area contributed by atoms with Crippen LogP contribution in [0.2, 0.25) is 0 Å². The highest BCUT2D eigenvalue weighted by molar-refractivity contribution is 6.25. The summed E-state index contributed by atoms with van der Waals surface area (Å²) in [4.78, 5) is 49.3. The maximum atomic E-state index is 12.8. The van der Waals surface area contributed by atoms with Gasteiger partial charge in [-0.15, -0.1) is 0 Å². The van der Waals surface area contributed by atoms with Crippen LogP contribution in [0.15, 0.2) is 64.9 Å². The van der Waals surface area contributed by atoms with Crippen molar-refractivity contribution in [1.29, 1.82) is 0 Å². The number of nitrogens with zero attached hydrogens (tertiary/aromatic N) is 5. The Morgan fingerprint density at radius 2 is 1.76 bits per heavy atom. The van der Waals surface area contributed by atoms with E-state index < -0.39 is 41.3 Å². The van der Waals surface area contributed by atoms with E-state index in [0.29, 0.717) is 5.69 Å². The number of nitro benzene ring substituents is 1. The molecule has 2 aliphatic heterocycles. The normalized spacial score (nSPS) is 20.1. The second-order valence-corrected chi connectivity index (χ2v) is 6.36. The third-order valence-corrected chi connectivity index (χ3v) is 4.55. The summed E-state index contributed by atoms with van der Waals surface area (Å²) in [5, 5.41) is 22.3. The van der Waals surface area contributed by atoms with Crippen LogP contribution in [0.5, 0.6) is 0 Å². The Morgan fingerprint density at radius 1 is 1.07 bits per heavy atom. The number of para-hydroxylation sites is 3. The molecule has 0 radical (unpaired) electrons. The minimum absolute atomic E-state index is 0.0231. The lowest BCUT2D eigenvalue weighted by Gasteiger charge is -2.20. The Balaban J connectivity index is 1.50. The fourth-order valence-electron chi connectivity index (χ4n) is 3.26. The fourth-order valence-corrected chi connectivity index (χ4v) is 3.26. The Morgan fingerprint density at radius 3 is 2.48 bits per heavy atom. The first-order valence-corrected chi connectivity index (χ1v) is 8.61. The Hall–Kier alpha value is -4.15. The van der Waals surface area contributed by atoms with Gasteiger partial charge in [0.05, 0.1) is 10.6 Å². The largest absolute Gasteiger partial charge is 0.319 e. The fraction of sp³-hybridized carbons (Fsp3) is 0.167. The summed E-state index contributed by atoms with van der Waals surface area (Å²) in [5.41, 5.74) is 0.176. The molecule has 3 amide bonds. The number of anilines is 2. The van der Waals surface area contributed by atoms with Crippen molar-refractivity contribution in [1.82, 2.24) is 5.01 Å². The smallest absolute Gasteiger partial charge is 0.292 e. The highest BCUT2D eigenvalue weighted by atomic mass is 16.6. The summed E-state index contributed by atoms with van der Waals surface area (Å²) >= 11 is 0. The number of carbonyl (C=O) groups is 3. The number of hydrogen-bond donors (Lipinski definition) is 1. The lowest BCUT2D eigenvalue weighted by atomic mass is 10.1. The van der Waals surface area contributed by atoms with E-state index in [1.54, 1.807) is 36.4 Å². The highest BCUT2D eigenvalue weighted by Gasteiger charge is 2.55. The zero-order valence-electron chi connectivity index (χ0n) is 14.8. The summed E-state index contributed by atoms with van der Waals surface area (Å²) in [5.74, 6) is -1.68. The summed E-state index contributed by atoms with van der Waals surface area (Å²) in [6.07, 6.45) is 0. The highest BCUT2D eigenvalue weighted by Crippen LogP contribution is 2.31. The van der Waals surface area contributed by atoms with Crippen molar-refractivity contribution in [2.45, 2.75) is 12.1 Å². The van der Waals surface area contributed by atoms with E-state index in [2.05, 4.69) is 15.7 Å². The van der Waals surface area contributed by atoms with Crippen molar-refractivity contribution in [3.8, 4) is 0 Å². The van der Waals surface area contributed by atoms with Crippen molar-refractivity contribution < 1.29 is 19.3 Å². The van der Waals surface area contributed by atoms with Gasteiger partial charge in [0.2, 0.25) is 5.91 Å². The number of imide groups is 1. The van der Waals surface area contributed by atoms with Crippen LogP contribution in [0.25, 0.3) is 0 Å². The molecule has 2 atom stereocenters. The predicted octanol–water partition coefficient (Wildman–Crippen LogP) is 1.53. The average Bonchev–Trinajstić information content (AvgIpc) is 3.22. The van der Waals surface area contributed by atoms with Crippen LogP contribution < -0.4 is 10.2 Å². The number of nitrogens with one attached hydrogen (secondary N) is 1. The molecule has 146 valence electrons. The molecule has 0 aromatic heterocycles.